The standard InChI is InChI=1S/C24H22/c1-4-19-17-24(15-14-23(19)16-18(2)3)22-12-10-21(11-13-22)20-8-6-5-7-9-20/h1,5-15,17-18H,16H2,2-3H3. The van der Waals surface area contributed by atoms with Crippen molar-refractivity contribution in [2.24, 2.45) is 5.92 Å². The second kappa shape index (κ2) is 7.20. The van der Waals surface area contributed by atoms with Crippen LogP contribution in [0.25, 0.3) is 22.3 Å². The molecule has 0 heteroatoms. The van der Waals surface area contributed by atoms with Crippen LogP contribution in [0.4, 0.5) is 0 Å². The largest absolute Gasteiger partial charge is 0.115 e. The van der Waals surface area contributed by atoms with Crippen LogP contribution in [0, 0.1) is 18.3 Å². The van der Waals surface area contributed by atoms with E-state index in [2.05, 4.69) is 86.5 Å². The summed E-state index contributed by atoms with van der Waals surface area (Å²) in [7, 11) is 0. The molecular formula is C24H22. The minimum absolute atomic E-state index is 0.605. The van der Waals surface area contributed by atoms with Crippen LogP contribution in [0.3, 0.4) is 0 Å². The Morgan fingerprint density at radius 2 is 1.29 bits per heavy atom. The summed E-state index contributed by atoms with van der Waals surface area (Å²) in [4.78, 5) is 0. The lowest BCUT2D eigenvalue weighted by atomic mass is 9.94. The van der Waals surface area contributed by atoms with E-state index < -0.39 is 0 Å². The topological polar surface area (TPSA) is 0 Å². The zero-order valence-corrected chi connectivity index (χ0v) is 14.3. The lowest BCUT2D eigenvalue weighted by Gasteiger charge is -2.11. The first kappa shape index (κ1) is 16.1. The summed E-state index contributed by atoms with van der Waals surface area (Å²) in [6, 6.07) is 25.6. The Morgan fingerprint density at radius 3 is 1.88 bits per heavy atom. The van der Waals surface area contributed by atoms with Gasteiger partial charge in [0.25, 0.3) is 0 Å². The van der Waals surface area contributed by atoms with Crippen molar-refractivity contribution in [3.05, 3.63) is 83.9 Å². The third kappa shape index (κ3) is 3.58. The van der Waals surface area contributed by atoms with Gasteiger partial charge in [-0.15, -0.1) is 6.42 Å². The van der Waals surface area contributed by atoms with Gasteiger partial charge in [0.15, 0.2) is 0 Å². The molecule has 0 saturated carbocycles. The normalized spacial score (nSPS) is 10.6. The summed E-state index contributed by atoms with van der Waals surface area (Å²) in [6.07, 6.45) is 6.74. The van der Waals surface area contributed by atoms with Crippen LogP contribution in [0.15, 0.2) is 72.8 Å². The van der Waals surface area contributed by atoms with Crippen LogP contribution >= 0.6 is 0 Å². The molecular weight excluding hydrogens is 288 g/mol. The molecule has 3 rings (SSSR count). The van der Waals surface area contributed by atoms with Crippen molar-refractivity contribution in [2.75, 3.05) is 0 Å². The lowest BCUT2D eigenvalue weighted by molar-refractivity contribution is 0.646. The predicted octanol–water partition coefficient (Wildman–Crippen LogP) is 6.20. The average Bonchev–Trinajstić information content (AvgIpc) is 2.62. The molecule has 0 bridgehead atoms. The minimum Gasteiger partial charge on any atom is -0.115 e. The predicted molar refractivity (Wildman–Crippen MR) is 104 cm³/mol. The fourth-order valence-electron chi connectivity index (χ4n) is 2.99. The van der Waals surface area contributed by atoms with Gasteiger partial charge in [0.05, 0.1) is 0 Å². The van der Waals surface area contributed by atoms with Crippen LogP contribution in [-0.4, -0.2) is 0 Å². The van der Waals surface area contributed by atoms with Crippen LogP contribution in [0.5, 0.6) is 0 Å². The van der Waals surface area contributed by atoms with Crippen molar-refractivity contribution in [1.82, 2.24) is 0 Å². The highest BCUT2D eigenvalue weighted by Crippen LogP contribution is 2.27. The summed E-state index contributed by atoms with van der Waals surface area (Å²) in [6.45, 7) is 4.44. The van der Waals surface area contributed by atoms with Crippen LogP contribution < -0.4 is 0 Å². The van der Waals surface area contributed by atoms with Gasteiger partial charge < -0.3 is 0 Å². The molecule has 118 valence electrons. The summed E-state index contributed by atoms with van der Waals surface area (Å²) < 4.78 is 0. The zero-order chi connectivity index (χ0) is 16.9. The molecule has 0 aliphatic carbocycles. The van der Waals surface area contributed by atoms with E-state index >= 15 is 0 Å². The van der Waals surface area contributed by atoms with Gasteiger partial charge in [-0.3, -0.25) is 0 Å². The van der Waals surface area contributed by atoms with Crippen LogP contribution in [-0.2, 0) is 6.42 Å². The van der Waals surface area contributed by atoms with Gasteiger partial charge in [-0.05, 0) is 46.2 Å². The zero-order valence-electron chi connectivity index (χ0n) is 14.3. The van der Waals surface area contributed by atoms with Gasteiger partial charge in [0.1, 0.15) is 0 Å². The van der Waals surface area contributed by atoms with Crippen molar-refractivity contribution >= 4 is 0 Å². The van der Waals surface area contributed by atoms with Gasteiger partial charge in [-0.1, -0.05) is 86.5 Å². The molecule has 0 aliphatic heterocycles. The molecule has 0 amide bonds. The summed E-state index contributed by atoms with van der Waals surface area (Å²) in [5, 5.41) is 0. The summed E-state index contributed by atoms with van der Waals surface area (Å²) in [5.41, 5.74) is 7.11. The summed E-state index contributed by atoms with van der Waals surface area (Å²) >= 11 is 0. The summed E-state index contributed by atoms with van der Waals surface area (Å²) in [5.74, 6) is 3.45. The van der Waals surface area contributed by atoms with Crippen LogP contribution in [0.2, 0.25) is 0 Å². The SMILES string of the molecule is C#Cc1cc(-c2ccc(-c3ccccc3)cc2)ccc1CC(C)C. The van der Waals surface area contributed by atoms with Gasteiger partial charge in [0.2, 0.25) is 0 Å². The fraction of sp³-hybridized carbons (Fsp3) is 0.167. The Kier molecular flexibility index (Phi) is 4.82. The van der Waals surface area contributed by atoms with Gasteiger partial charge in [0, 0.05) is 5.56 Å². The molecule has 3 aromatic rings. The van der Waals surface area contributed by atoms with Gasteiger partial charge in [-0.25, -0.2) is 0 Å². The fourth-order valence-corrected chi connectivity index (χ4v) is 2.99. The first-order valence-electron chi connectivity index (χ1n) is 8.43. The molecule has 3 aromatic carbocycles. The number of hydrogen-bond acceptors (Lipinski definition) is 0. The molecule has 0 nitrogen and oxygen atoms in total. The monoisotopic (exact) mass is 310 g/mol. The Bertz CT molecular complexity index is 847. The Hall–Kier alpha value is -2.78. The van der Waals surface area contributed by atoms with Gasteiger partial charge in [-0.2, -0.15) is 0 Å². The van der Waals surface area contributed by atoms with Crippen LogP contribution in [0.1, 0.15) is 25.0 Å². The van der Waals surface area contributed by atoms with E-state index in [0.29, 0.717) is 5.92 Å². The average molecular weight is 310 g/mol. The molecule has 0 saturated heterocycles. The van der Waals surface area contributed by atoms with Crippen molar-refractivity contribution in [2.45, 2.75) is 20.3 Å². The van der Waals surface area contributed by atoms with E-state index in [1.165, 1.54) is 27.8 Å². The molecule has 0 heterocycles. The van der Waals surface area contributed by atoms with E-state index in [9.17, 15) is 0 Å². The second-order valence-electron chi connectivity index (χ2n) is 6.56. The van der Waals surface area contributed by atoms with Crippen molar-refractivity contribution < 1.29 is 0 Å². The molecule has 0 fully saturated rings. The molecule has 0 radical (unpaired) electrons. The third-order valence-corrected chi connectivity index (χ3v) is 4.22. The molecule has 0 spiro atoms. The lowest BCUT2D eigenvalue weighted by Crippen LogP contribution is -1.97. The molecule has 0 atom stereocenters. The maximum atomic E-state index is 5.72. The van der Waals surface area contributed by atoms with E-state index in [1.807, 2.05) is 6.07 Å². The van der Waals surface area contributed by atoms with Crippen molar-refractivity contribution in [1.29, 1.82) is 0 Å². The highest BCUT2D eigenvalue weighted by Gasteiger charge is 2.06. The Labute approximate surface area is 145 Å². The number of hydrogen-bond donors (Lipinski definition) is 0. The van der Waals surface area contributed by atoms with Crippen molar-refractivity contribution in [3.8, 4) is 34.6 Å². The van der Waals surface area contributed by atoms with E-state index in [-0.39, 0.29) is 0 Å². The minimum atomic E-state index is 0.605. The quantitative estimate of drug-likeness (QED) is 0.503. The second-order valence-corrected chi connectivity index (χ2v) is 6.56. The first-order chi connectivity index (χ1) is 11.7. The Morgan fingerprint density at radius 1 is 0.750 bits per heavy atom. The third-order valence-electron chi connectivity index (χ3n) is 4.22. The molecule has 24 heavy (non-hydrogen) atoms. The molecule has 0 aromatic heterocycles. The number of terminal acetylenes is 1. The first-order valence-corrected chi connectivity index (χ1v) is 8.43. The van der Waals surface area contributed by atoms with Crippen molar-refractivity contribution in [3.63, 3.8) is 0 Å². The van der Waals surface area contributed by atoms with E-state index in [4.69, 9.17) is 6.42 Å². The molecule has 0 aliphatic rings. The molecule has 0 N–H and O–H groups in total. The highest BCUT2D eigenvalue weighted by atomic mass is 14.1. The molecule has 0 unspecified atom stereocenters. The Balaban J connectivity index is 1.91. The smallest absolute Gasteiger partial charge is 0.0280 e. The van der Waals surface area contributed by atoms with E-state index in [0.717, 1.165) is 12.0 Å². The number of rotatable bonds is 4. The van der Waals surface area contributed by atoms with E-state index in [1.54, 1.807) is 0 Å². The highest BCUT2D eigenvalue weighted by molar-refractivity contribution is 5.71. The van der Waals surface area contributed by atoms with Gasteiger partial charge >= 0.3 is 0 Å². The maximum Gasteiger partial charge on any atom is 0.0280 e. The maximum absolute atomic E-state index is 5.72. The number of benzene rings is 3.